The highest BCUT2D eigenvalue weighted by atomic mass is 19.3. The molecule has 28 heavy (non-hydrogen) atoms. The molecule has 1 aliphatic rings. The molecule has 0 saturated heterocycles. The quantitative estimate of drug-likeness (QED) is 0.643. The molecule has 1 unspecified atom stereocenters. The van der Waals surface area contributed by atoms with Crippen molar-refractivity contribution >= 4 is 5.95 Å². The molecule has 3 aromatic rings. The largest absolute Gasteiger partial charge is 0.415 e. The molecule has 0 spiro atoms. The number of nitrogens with one attached hydrogen (secondary N) is 1. The first-order valence-corrected chi connectivity index (χ1v) is 9.06. The molecule has 0 aliphatic heterocycles. The lowest BCUT2D eigenvalue weighted by atomic mass is 9.91. The predicted molar refractivity (Wildman–Crippen MR) is 95.0 cm³/mol. The summed E-state index contributed by atoms with van der Waals surface area (Å²) in [5.41, 5.74) is 1.32. The van der Waals surface area contributed by atoms with Gasteiger partial charge >= 0.3 is 6.43 Å². The van der Waals surface area contributed by atoms with Crippen molar-refractivity contribution in [3.63, 3.8) is 0 Å². The molecule has 1 N–H and O–H groups in total. The summed E-state index contributed by atoms with van der Waals surface area (Å²) in [5.74, 6) is -0.295. The predicted octanol–water partition coefficient (Wildman–Crippen LogP) is 4.95. The van der Waals surface area contributed by atoms with Gasteiger partial charge in [0.1, 0.15) is 5.82 Å². The third-order valence-electron chi connectivity index (χ3n) is 4.91. The number of anilines is 1. The Kier molecular flexibility index (Phi) is 5.23. The molecule has 1 atom stereocenters. The Hall–Kier alpha value is -2.97. The van der Waals surface area contributed by atoms with Crippen LogP contribution in [0, 0.1) is 11.7 Å². The molecule has 2 aromatic heterocycles. The smallest absolute Gasteiger partial charge is 0.314 e. The Balaban J connectivity index is 1.53. The zero-order chi connectivity index (χ0) is 19.5. The summed E-state index contributed by atoms with van der Waals surface area (Å²) in [6.45, 7) is 0. The Morgan fingerprint density at radius 1 is 1.00 bits per heavy atom. The SMILES string of the molecule is Fc1ccc(C(Nc2ncc(-c3nnc(C(F)F)o3)cn2)C2CCCC2)cc1. The molecule has 2 heterocycles. The van der Waals surface area contributed by atoms with Crippen LogP contribution in [0.25, 0.3) is 11.5 Å². The molecule has 0 radical (unpaired) electrons. The van der Waals surface area contributed by atoms with Crippen molar-refractivity contribution < 1.29 is 17.6 Å². The summed E-state index contributed by atoms with van der Waals surface area (Å²) >= 11 is 0. The van der Waals surface area contributed by atoms with Gasteiger partial charge in [0.25, 0.3) is 11.8 Å². The summed E-state index contributed by atoms with van der Waals surface area (Å²) in [6, 6.07) is 6.38. The molecule has 4 rings (SSSR count). The summed E-state index contributed by atoms with van der Waals surface area (Å²) in [6.07, 6.45) is 4.52. The van der Waals surface area contributed by atoms with Crippen LogP contribution in [0.3, 0.4) is 0 Å². The van der Waals surface area contributed by atoms with Crippen LogP contribution in [-0.4, -0.2) is 20.2 Å². The maximum atomic E-state index is 13.3. The fraction of sp³-hybridized carbons (Fsp3) is 0.368. The number of halogens is 3. The van der Waals surface area contributed by atoms with E-state index in [0.717, 1.165) is 31.2 Å². The molecule has 0 bridgehead atoms. The zero-order valence-electron chi connectivity index (χ0n) is 14.9. The molecule has 1 fully saturated rings. The van der Waals surface area contributed by atoms with Crippen molar-refractivity contribution in [2.24, 2.45) is 5.92 Å². The van der Waals surface area contributed by atoms with Gasteiger partial charge in [0, 0.05) is 12.4 Å². The van der Waals surface area contributed by atoms with Gasteiger partial charge in [-0.3, -0.25) is 0 Å². The van der Waals surface area contributed by atoms with Gasteiger partial charge in [-0.15, -0.1) is 10.2 Å². The highest BCUT2D eigenvalue weighted by molar-refractivity contribution is 5.50. The first kappa shape index (κ1) is 18.4. The van der Waals surface area contributed by atoms with E-state index in [2.05, 4.69) is 25.5 Å². The van der Waals surface area contributed by atoms with Crippen molar-refractivity contribution in [1.82, 2.24) is 20.2 Å². The van der Waals surface area contributed by atoms with Crippen LogP contribution >= 0.6 is 0 Å². The van der Waals surface area contributed by atoms with E-state index >= 15 is 0 Å². The highest BCUT2D eigenvalue weighted by Crippen LogP contribution is 2.37. The van der Waals surface area contributed by atoms with Crippen molar-refractivity contribution in [3.8, 4) is 11.5 Å². The second-order valence-corrected chi connectivity index (χ2v) is 6.76. The molecule has 0 amide bonds. The van der Waals surface area contributed by atoms with Crippen LogP contribution in [0.1, 0.15) is 49.6 Å². The maximum absolute atomic E-state index is 13.3. The van der Waals surface area contributed by atoms with Gasteiger partial charge in [-0.05, 0) is 36.5 Å². The number of benzene rings is 1. The van der Waals surface area contributed by atoms with Crippen LogP contribution < -0.4 is 5.32 Å². The number of hydrogen-bond acceptors (Lipinski definition) is 6. The molecule has 6 nitrogen and oxygen atoms in total. The molecular formula is C19H18F3N5O. The van der Waals surface area contributed by atoms with Crippen LogP contribution in [0.15, 0.2) is 41.1 Å². The lowest BCUT2D eigenvalue weighted by Crippen LogP contribution is -2.20. The normalized spacial score (nSPS) is 15.9. The number of aromatic nitrogens is 4. The Morgan fingerprint density at radius 3 is 2.29 bits per heavy atom. The lowest BCUT2D eigenvalue weighted by molar-refractivity contribution is 0.116. The van der Waals surface area contributed by atoms with Crippen LogP contribution in [-0.2, 0) is 0 Å². The van der Waals surface area contributed by atoms with Crippen molar-refractivity contribution in [2.75, 3.05) is 5.32 Å². The third kappa shape index (κ3) is 3.97. The topological polar surface area (TPSA) is 76.7 Å². The molecule has 1 aromatic carbocycles. The maximum Gasteiger partial charge on any atom is 0.314 e. The van der Waals surface area contributed by atoms with Crippen molar-refractivity contribution in [2.45, 2.75) is 38.2 Å². The summed E-state index contributed by atoms with van der Waals surface area (Å²) < 4.78 is 43.4. The minimum atomic E-state index is -2.83. The summed E-state index contributed by atoms with van der Waals surface area (Å²) in [4.78, 5) is 8.50. The van der Waals surface area contributed by atoms with E-state index in [4.69, 9.17) is 4.42 Å². The zero-order valence-corrected chi connectivity index (χ0v) is 14.9. The van der Waals surface area contributed by atoms with E-state index in [0.29, 0.717) is 17.4 Å². The van der Waals surface area contributed by atoms with Crippen LogP contribution in [0.5, 0.6) is 0 Å². The summed E-state index contributed by atoms with van der Waals surface area (Å²) in [5, 5.41) is 10.2. The molecular weight excluding hydrogens is 371 g/mol. The molecule has 1 saturated carbocycles. The van der Waals surface area contributed by atoms with Gasteiger partial charge in [0.05, 0.1) is 11.6 Å². The Bertz CT molecular complexity index is 908. The van der Waals surface area contributed by atoms with E-state index < -0.39 is 12.3 Å². The van der Waals surface area contributed by atoms with E-state index in [1.54, 1.807) is 12.1 Å². The van der Waals surface area contributed by atoms with E-state index in [1.165, 1.54) is 24.5 Å². The van der Waals surface area contributed by atoms with Gasteiger partial charge in [-0.2, -0.15) is 8.78 Å². The van der Waals surface area contributed by atoms with E-state index in [1.807, 2.05) is 0 Å². The van der Waals surface area contributed by atoms with Crippen LogP contribution in [0.4, 0.5) is 19.1 Å². The first-order valence-electron chi connectivity index (χ1n) is 9.06. The minimum Gasteiger partial charge on any atom is -0.415 e. The van der Waals surface area contributed by atoms with Gasteiger partial charge in [0.2, 0.25) is 5.95 Å². The Labute approximate surface area is 159 Å². The Morgan fingerprint density at radius 2 is 1.68 bits per heavy atom. The van der Waals surface area contributed by atoms with Gasteiger partial charge in [-0.1, -0.05) is 25.0 Å². The number of rotatable bonds is 6. The standard InChI is InChI=1S/C19H18F3N5O/c20-14-7-5-12(6-8-14)15(11-3-1-2-4-11)25-19-23-9-13(10-24-19)17-26-27-18(28-17)16(21)22/h5-11,15-16H,1-4H2,(H,23,24,25). The number of alkyl halides is 2. The highest BCUT2D eigenvalue weighted by Gasteiger charge is 2.27. The monoisotopic (exact) mass is 389 g/mol. The van der Waals surface area contributed by atoms with Gasteiger partial charge < -0.3 is 9.73 Å². The van der Waals surface area contributed by atoms with E-state index in [9.17, 15) is 13.2 Å². The second-order valence-electron chi connectivity index (χ2n) is 6.76. The lowest BCUT2D eigenvalue weighted by Gasteiger charge is -2.25. The first-order chi connectivity index (χ1) is 13.6. The van der Waals surface area contributed by atoms with Crippen molar-refractivity contribution in [3.05, 3.63) is 53.9 Å². The molecule has 9 heteroatoms. The fourth-order valence-electron chi connectivity index (χ4n) is 3.53. The van der Waals surface area contributed by atoms with E-state index in [-0.39, 0.29) is 17.7 Å². The number of hydrogen-bond donors (Lipinski definition) is 1. The molecule has 146 valence electrons. The second kappa shape index (κ2) is 7.95. The van der Waals surface area contributed by atoms with Crippen molar-refractivity contribution in [1.29, 1.82) is 0 Å². The molecule has 1 aliphatic carbocycles. The third-order valence-corrected chi connectivity index (χ3v) is 4.91. The van der Waals surface area contributed by atoms with Gasteiger partial charge in [-0.25, -0.2) is 14.4 Å². The van der Waals surface area contributed by atoms with Crippen LogP contribution in [0.2, 0.25) is 0 Å². The summed E-state index contributed by atoms with van der Waals surface area (Å²) in [7, 11) is 0. The minimum absolute atomic E-state index is 0.0391. The van der Waals surface area contributed by atoms with Gasteiger partial charge in [0.15, 0.2) is 0 Å². The average Bonchev–Trinajstić information content (AvgIpc) is 3.40. The number of nitrogens with zero attached hydrogens (tertiary/aromatic N) is 4. The fourth-order valence-corrected chi connectivity index (χ4v) is 3.53. The average molecular weight is 389 g/mol.